The lowest BCUT2D eigenvalue weighted by atomic mass is 9.91. The molecular weight excluding hydrogens is 602 g/mol. The third-order valence-corrected chi connectivity index (χ3v) is 8.80. The van der Waals surface area contributed by atoms with Crippen LogP contribution in [0.2, 0.25) is 0 Å². The van der Waals surface area contributed by atoms with Gasteiger partial charge in [-0.3, -0.25) is 0 Å². The van der Waals surface area contributed by atoms with E-state index in [0.717, 1.165) is 27.6 Å². The molecule has 0 aliphatic carbocycles. The molecule has 0 radical (unpaired) electrons. The van der Waals surface area contributed by atoms with Crippen molar-refractivity contribution in [1.29, 1.82) is 0 Å². The molecule has 4 atom stereocenters. The van der Waals surface area contributed by atoms with E-state index in [1.54, 1.807) is 42.4 Å². The molecule has 0 bridgehead atoms. The summed E-state index contributed by atoms with van der Waals surface area (Å²) in [4.78, 5) is 12.9. The highest BCUT2D eigenvalue weighted by Gasteiger charge is 2.38. The lowest BCUT2D eigenvalue weighted by molar-refractivity contribution is -0.268. The molecule has 1 aromatic heterocycles. The van der Waals surface area contributed by atoms with Crippen molar-refractivity contribution in [2.75, 3.05) is 16.4 Å². The van der Waals surface area contributed by atoms with E-state index in [9.17, 15) is 9.90 Å². The molecule has 236 valence electrons. The first kappa shape index (κ1) is 31.3. The Kier molecular flexibility index (Phi) is 9.94. The van der Waals surface area contributed by atoms with Gasteiger partial charge in [-0.1, -0.05) is 73.3 Å². The molecule has 2 amide bonds. The number of amides is 2. The minimum Gasteiger partial charge on any atom is -0.457 e. The second kappa shape index (κ2) is 14.6. The number of carbonyl (C=O) groups excluding carboxylic acids is 1. The molecule has 4 unspecified atom stereocenters. The quantitative estimate of drug-likeness (QED) is 0.136. The van der Waals surface area contributed by atoms with Crippen LogP contribution in [0.25, 0.3) is 0 Å². The Labute approximate surface area is 271 Å². The number of aromatic nitrogens is 3. The fourth-order valence-corrected chi connectivity index (χ4v) is 6.21. The number of para-hydroxylation sites is 1. The second-order valence-electron chi connectivity index (χ2n) is 11.0. The van der Waals surface area contributed by atoms with Gasteiger partial charge in [-0.25, -0.2) is 4.79 Å². The lowest BCUT2D eigenvalue weighted by Crippen LogP contribution is -2.38. The van der Waals surface area contributed by atoms with Crippen LogP contribution >= 0.6 is 11.8 Å². The summed E-state index contributed by atoms with van der Waals surface area (Å²) in [5.41, 5.74) is 3.83. The number of aliphatic hydroxyl groups is 1. The standard InChI is InChI=1S/C35H35N5O5S/c1-23-31(21-46-35-39-36-22-40(35)2)44-33(45-32(23)25-13-11-24(20-41)12-14-25)26-7-6-8-28(19-26)38-34(42)37-27-15-17-30(18-16-27)43-29-9-4-3-5-10-29/h3-19,22-23,31-33,41H,20-21H2,1-2H3,(H2,37,38,42). The summed E-state index contributed by atoms with van der Waals surface area (Å²) in [5, 5.41) is 24.3. The predicted octanol–water partition coefficient (Wildman–Crippen LogP) is 7.33. The summed E-state index contributed by atoms with van der Waals surface area (Å²) in [7, 11) is 1.91. The fraction of sp³-hybridized carbons (Fsp3) is 0.229. The first-order valence-electron chi connectivity index (χ1n) is 14.9. The Balaban J connectivity index is 1.14. The number of hydrogen-bond donors (Lipinski definition) is 3. The highest BCUT2D eigenvalue weighted by atomic mass is 32.2. The molecule has 5 aromatic rings. The van der Waals surface area contributed by atoms with E-state index in [1.807, 2.05) is 90.5 Å². The molecule has 11 heteroatoms. The van der Waals surface area contributed by atoms with Crippen LogP contribution < -0.4 is 15.4 Å². The molecule has 0 saturated carbocycles. The van der Waals surface area contributed by atoms with Gasteiger partial charge in [-0.15, -0.1) is 10.2 Å². The van der Waals surface area contributed by atoms with Gasteiger partial charge >= 0.3 is 6.03 Å². The smallest absolute Gasteiger partial charge is 0.323 e. The van der Waals surface area contributed by atoms with Crippen LogP contribution in [-0.2, 0) is 23.1 Å². The maximum Gasteiger partial charge on any atom is 0.323 e. The Bertz CT molecular complexity index is 1730. The normalized spacial score (nSPS) is 19.4. The predicted molar refractivity (Wildman–Crippen MR) is 177 cm³/mol. The Morgan fingerprint density at radius 1 is 0.891 bits per heavy atom. The lowest BCUT2D eigenvalue weighted by Gasteiger charge is -2.41. The minimum atomic E-state index is -0.675. The topological polar surface area (TPSA) is 120 Å². The number of benzene rings is 4. The van der Waals surface area contributed by atoms with Crippen molar-refractivity contribution in [3.63, 3.8) is 0 Å². The summed E-state index contributed by atoms with van der Waals surface area (Å²) in [6.07, 6.45) is 0.572. The summed E-state index contributed by atoms with van der Waals surface area (Å²) in [6.45, 7) is 2.09. The molecular formula is C35H35N5O5S. The summed E-state index contributed by atoms with van der Waals surface area (Å²) >= 11 is 1.58. The zero-order chi connectivity index (χ0) is 31.9. The number of ether oxygens (including phenoxy) is 3. The summed E-state index contributed by atoms with van der Waals surface area (Å²) < 4.78 is 20.8. The second-order valence-corrected chi connectivity index (χ2v) is 12.0. The van der Waals surface area contributed by atoms with Gasteiger partial charge in [0, 0.05) is 35.7 Å². The van der Waals surface area contributed by atoms with Crippen LogP contribution in [0.15, 0.2) is 115 Å². The van der Waals surface area contributed by atoms with Gasteiger partial charge in [0.15, 0.2) is 11.4 Å². The van der Waals surface area contributed by atoms with Crippen molar-refractivity contribution in [2.24, 2.45) is 13.0 Å². The van der Waals surface area contributed by atoms with E-state index < -0.39 is 6.29 Å². The Morgan fingerprint density at radius 2 is 1.63 bits per heavy atom. The maximum absolute atomic E-state index is 12.9. The van der Waals surface area contributed by atoms with E-state index in [4.69, 9.17) is 14.2 Å². The van der Waals surface area contributed by atoms with Crippen LogP contribution in [0.3, 0.4) is 0 Å². The van der Waals surface area contributed by atoms with Gasteiger partial charge in [0.05, 0.1) is 18.8 Å². The van der Waals surface area contributed by atoms with Crippen molar-refractivity contribution in [2.45, 2.75) is 37.2 Å². The van der Waals surface area contributed by atoms with Crippen LogP contribution in [0.4, 0.5) is 16.2 Å². The number of hydrogen-bond acceptors (Lipinski definition) is 8. The van der Waals surface area contributed by atoms with Crippen molar-refractivity contribution in [1.82, 2.24) is 14.8 Å². The average Bonchev–Trinajstić information content (AvgIpc) is 3.50. The average molecular weight is 638 g/mol. The van der Waals surface area contributed by atoms with E-state index in [2.05, 4.69) is 27.8 Å². The molecule has 2 heterocycles. The molecule has 1 fully saturated rings. The zero-order valence-corrected chi connectivity index (χ0v) is 26.3. The number of aliphatic hydroxyl groups excluding tert-OH is 1. The zero-order valence-electron chi connectivity index (χ0n) is 25.4. The minimum absolute atomic E-state index is 0.0218. The van der Waals surface area contributed by atoms with Gasteiger partial charge in [-0.2, -0.15) is 0 Å². The number of urea groups is 1. The number of nitrogens with zero attached hydrogens (tertiary/aromatic N) is 3. The molecule has 6 rings (SSSR count). The first-order valence-corrected chi connectivity index (χ1v) is 15.9. The number of anilines is 2. The van der Waals surface area contributed by atoms with Gasteiger partial charge in [0.1, 0.15) is 17.8 Å². The van der Waals surface area contributed by atoms with Crippen LogP contribution in [0.5, 0.6) is 11.5 Å². The third kappa shape index (κ3) is 7.75. The van der Waals surface area contributed by atoms with Crippen LogP contribution in [0, 0.1) is 5.92 Å². The van der Waals surface area contributed by atoms with E-state index in [1.165, 1.54) is 0 Å². The van der Waals surface area contributed by atoms with Gasteiger partial charge in [-0.05, 0) is 59.7 Å². The van der Waals surface area contributed by atoms with Crippen molar-refractivity contribution < 1.29 is 24.1 Å². The number of nitrogens with one attached hydrogen (secondary N) is 2. The molecule has 10 nitrogen and oxygen atoms in total. The largest absolute Gasteiger partial charge is 0.457 e. The number of carbonyl (C=O) groups is 1. The monoisotopic (exact) mass is 637 g/mol. The van der Waals surface area contributed by atoms with E-state index >= 15 is 0 Å². The fourth-order valence-electron chi connectivity index (χ4n) is 5.16. The molecule has 1 aliphatic heterocycles. The van der Waals surface area contributed by atoms with Crippen molar-refractivity contribution in [3.05, 3.63) is 126 Å². The number of thioether (sulfide) groups is 1. The van der Waals surface area contributed by atoms with Crippen molar-refractivity contribution >= 4 is 29.2 Å². The van der Waals surface area contributed by atoms with E-state index in [-0.39, 0.29) is 30.8 Å². The van der Waals surface area contributed by atoms with Gasteiger partial charge in [0.2, 0.25) is 0 Å². The van der Waals surface area contributed by atoms with E-state index in [0.29, 0.717) is 22.9 Å². The Morgan fingerprint density at radius 3 is 2.35 bits per heavy atom. The maximum atomic E-state index is 12.9. The number of aryl methyl sites for hydroxylation is 1. The van der Waals surface area contributed by atoms with Gasteiger partial charge in [0.25, 0.3) is 0 Å². The molecule has 46 heavy (non-hydrogen) atoms. The molecule has 1 aliphatic rings. The van der Waals surface area contributed by atoms with Crippen molar-refractivity contribution in [3.8, 4) is 11.5 Å². The summed E-state index contributed by atoms with van der Waals surface area (Å²) in [5.74, 6) is 2.08. The number of rotatable bonds is 10. The Hall–Kier alpha value is -4.68. The molecule has 0 spiro atoms. The third-order valence-electron chi connectivity index (χ3n) is 7.68. The van der Waals surface area contributed by atoms with Gasteiger partial charge < -0.3 is 34.5 Å². The van der Waals surface area contributed by atoms with Crippen LogP contribution in [-0.4, -0.2) is 37.8 Å². The van der Waals surface area contributed by atoms with Crippen LogP contribution in [0.1, 0.15) is 36.0 Å². The highest BCUT2D eigenvalue weighted by Crippen LogP contribution is 2.43. The molecule has 4 aromatic carbocycles. The summed E-state index contributed by atoms with van der Waals surface area (Å²) in [6, 6.07) is 31.6. The SMILES string of the molecule is CC1C(CSc2nncn2C)OC(c2cccc(NC(=O)Nc3ccc(Oc4ccccc4)cc3)c2)OC1c1ccc(CO)cc1. The highest BCUT2D eigenvalue weighted by molar-refractivity contribution is 7.99. The molecule has 3 N–H and O–H groups in total. The first-order chi connectivity index (χ1) is 22.4. The molecule has 1 saturated heterocycles.